The molecular formula is C16H23N5O2. The number of nitrogens with one attached hydrogen (secondary N) is 3. The van der Waals surface area contributed by atoms with Crippen LogP contribution in [0.2, 0.25) is 0 Å². The quantitative estimate of drug-likeness (QED) is 0.657. The molecule has 2 heterocycles. The first kappa shape index (κ1) is 17.0. The zero-order valence-electron chi connectivity index (χ0n) is 13.6. The highest BCUT2D eigenvalue weighted by Crippen LogP contribution is 2.23. The molecule has 124 valence electrons. The van der Waals surface area contributed by atoms with Gasteiger partial charge in [0, 0.05) is 12.7 Å². The lowest BCUT2D eigenvalue weighted by molar-refractivity contribution is 0.129. The Balaban J connectivity index is 1.96. The van der Waals surface area contributed by atoms with Crippen LogP contribution in [0, 0.1) is 5.41 Å². The van der Waals surface area contributed by atoms with Crippen molar-refractivity contribution in [3.8, 4) is 11.4 Å². The van der Waals surface area contributed by atoms with Gasteiger partial charge in [-0.05, 0) is 30.9 Å². The second-order valence-corrected chi connectivity index (χ2v) is 6.40. The van der Waals surface area contributed by atoms with E-state index in [-0.39, 0.29) is 11.4 Å². The molecule has 7 heteroatoms. The summed E-state index contributed by atoms with van der Waals surface area (Å²) in [5.41, 5.74) is 1.74. The molecule has 0 aromatic carbocycles. The van der Waals surface area contributed by atoms with E-state index in [0.29, 0.717) is 30.0 Å². The minimum atomic E-state index is -0.403. The number of anilines is 1. The molecule has 0 aliphatic carbocycles. The molecule has 2 aromatic rings. The Kier molecular flexibility index (Phi) is 5.33. The van der Waals surface area contributed by atoms with Gasteiger partial charge in [-0.3, -0.25) is 10.1 Å². The molecular weight excluding hydrogens is 294 g/mol. The molecule has 7 nitrogen and oxygen atoms in total. The first-order chi connectivity index (χ1) is 10.9. The summed E-state index contributed by atoms with van der Waals surface area (Å²) >= 11 is 0. The highest BCUT2D eigenvalue weighted by atomic mass is 16.3. The second kappa shape index (κ2) is 7.23. The fourth-order valence-electron chi connectivity index (χ4n) is 2.44. The Morgan fingerprint density at radius 3 is 2.87 bits per heavy atom. The van der Waals surface area contributed by atoms with Gasteiger partial charge in [0.2, 0.25) is 0 Å². The molecule has 2 aromatic heterocycles. The van der Waals surface area contributed by atoms with E-state index in [1.165, 1.54) is 0 Å². The van der Waals surface area contributed by atoms with E-state index in [1.54, 1.807) is 19.3 Å². The van der Waals surface area contributed by atoms with Crippen LogP contribution in [0.25, 0.3) is 11.4 Å². The van der Waals surface area contributed by atoms with E-state index in [0.717, 1.165) is 0 Å². The predicted molar refractivity (Wildman–Crippen MR) is 88.9 cm³/mol. The molecule has 1 atom stereocenters. The van der Waals surface area contributed by atoms with E-state index in [1.807, 2.05) is 32.0 Å². The molecule has 0 spiro atoms. The van der Waals surface area contributed by atoms with Crippen molar-refractivity contribution in [1.29, 1.82) is 0 Å². The van der Waals surface area contributed by atoms with Crippen molar-refractivity contribution in [3.63, 3.8) is 0 Å². The van der Waals surface area contributed by atoms with Gasteiger partial charge < -0.3 is 15.7 Å². The fraction of sp³-hybridized carbons (Fsp3) is 0.438. The third kappa shape index (κ3) is 5.07. The number of urea groups is 1. The average Bonchev–Trinajstić information content (AvgIpc) is 2.93. The Labute approximate surface area is 135 Å². The van der Waals surface area contributed by atoms with E-state index >= 15 is 0 Å². The zero-order chi connectivity index (χ0) is 16.9. The molecule has 0 radical (unpaired) electrons. The van der Waals surface area contributed by atoms with Crippen LogP contribution in [-0.2, 0) is 0 Å². The highest BCUT2D eigenvalue weighted by Gasteiger charge is 2.21. The normalized spacial score (nSPS) is 12.7. The standard InChI is InChI=1S/C16H23N5O2/c1-11(22)8-16(2,3)10-18-15(23)20-13-9-19-21-14(13)12-6-4-5-7-17-12/h4-7,9,11,22H,8,10H2,1-3H3,(H,19,21)(H2,18,20,23). The Morgan fingerprint density at radius 1 is 1.43 bits per heavy atom. The third-order valence-electron chi connectivity index (χ3n) is 3.38. The number of aromatic nitrogens is 3. The van der Waals surface area contributed by atoms with Crippen molar-refractivity contribution < 1.29 is 9.90 Å². The van der Waals surface area contributed by atoms with Crippen LogP contribution < -0.4 is 10.6 Å². The SMILES string of the molecule is CC(O)CC(C)(C)CNC(=O)Nc1cn[nH]c1-c1ccccn1. The van der Waals surface area contributed by atoms with E-state index in [4.69, 9.17) is 0 Å². The number of hydrogen-bond acceptors (Lipinski definition) is 4. The summed E-state index contributed by atoms with van der Waals surface area (Å²) in [4.78, 5) is 16.3. The number of amides is 2. The third-order valence-corrected chi connectivity index (χ3v) is 3.38. The van der Waals surface area contributed by atoms with E-state index in [2.05, 4.69) is 25.8 Å². The summed E-state index contributed by atoms with van der Waals surface area (Å²) < 4.78 is 0. The number of hydrogen-bond donors (Lipinski definition) is 4. The first-order valence-electron chi connectivity index (χ1n) is 7.55. The van der Waals surface area contributed by atoms with Gasteiger partial charge in [-0.25, -0.2) is 4.79 Å². The predicted octanol–water partition coefficient (Wildman–Crippen LogP) is 2.39. The Morgan fingerprint density at radius 2 is 2.22 bits per heavy atom. The van der Waals surface area contributed by atoms with Crippen LogP contribution in [0.3, 0.4) is 0 Å². The lowest BCUT2D eigenvalue weighted by Crippen LogP contribution is -2.38. The van der Waals surface area contributed by atoms with Crippen molar-refractivity contribution in [2.75, 3.05) is 11.9 Å². The van der Waals surface area contributed by atoms with Crippen molar-refractivity contribution in [3.05, 3.63) is 30.6 Å². The highest BCUT2D eigenvalue weighted by molar-refractivity contribution is 5.92. The summed E-state index contributed by atoms with van der Waals surface area (Å²) in [5, 5.41) is 21.9. The maximum absolute atomic E-state index is 12.1. The van der Waals surface area contributed by atoms with Crippen LogP contribution >= 0.6 is 0 Å². The topological polar surface area (TPSA) is 103 Å². The number of carbonyl (C=O) groups is 1. The van der Waals surface area contributed by atoms with Crippen LogP contribution in [0.4, 0.5) is 10.5 Å². The van der Waals surface area contributed by atoms with Crippen LogP contribution in [-0.4, -0.2) is 39.0 Å². The Bertz CT molecular complexity index is 637. The number of nitrogens with zero attached hydrogens (tertiary/aromatic N) is 2. The number of pyridine rings is 1. The van der Waals surface area contributed by atoms with Gasteiger partial charge in [-0.2, -0.15) is 5.10 Å². The zero-order valence-corrected chi connectivity index (χ0v) is 13.6. The molecule has 0 aliphatic heterocycles. The number of aliphatic hydroxyl groups excluding tert-OH is 1. The average molecular weight is 317 g/mol. The van der Waals surface area contributed by atoms with Crippen molar-refractivity contribution in [2.45, 2.75) is 33.3 Å². The molecule has 4 N–H and O–H groups in total. The van der Waals surface area contributed by atoms with Gasteiger partial charge in [0.25, 0.3) is 0 Å². The summed E-state index contributed by atoms with van der Waals surface area (Å²) in [5.74, 6) is 0. The van der Waals surface area contributed by atoms with E-state index in [9.17, 15) is 9.90 Å². The van der Waals surface area contributed by atoms with Gasteiger partial charge in [-0.1, -0.05) is 19.9 Å². The summed E-state index contributed by atoms with van der Waals surface area (Å²) in [6, 6.07) is 5.21. The number of carbonyl (C=O) groups excluding carboxylic acids is 1. The largest absolute Gasteiger partial charge is 0.393 e. The number of aromatic amines is 1. The van der Waals surface area contributed by atoms with Crippen molar-refractivity contribution in [2.24, 2.45) is 5.41 Å². The molecule has 2 amide bonds. The smallest absolute Gasteiger partial charge is 0.319 e. The van der Waals surface area contributed by atoms with Crippen molar-refractivity contribution in [1.82, 2.24) is 20.5 Å². The summed E-state index contributed by atoms with van der Waals surface area (Å²) in [6.07, 6.45) is 3.43. The monoisotopic (exact) mass is 317 g/mol. The number of aliphatic hydroxyl groups is 1. The molecule has 0 aliphatic rings. The van der Waals surface area contributed by atoms with Crippen molar-refractivity contribution >= 4 is 11.7 Å². The lowest BCUT2D eigenvalue weighted by atomic mass is 9.87. The molecule has 0 saturated carbocycles. The summed E-state index contributed by atoms with van der Waals surface area (Å²) in [7, 11) is 0. The molecule has 2 rings (SSSR count). The van der Waals surface area contributed by atoms with Gasteiger partial charge in [0.15, 0.2) is 0 Å². The second-order valence-electron chi connectivity index (χ2n) is 6.40. The minimum Gasteiger partial charge on any atom is -0.393 e. The lowest BCUT2D eigenvalue weighted by Gasteiger charge is -2.26. The minimum absolute atomic E-state index is 0.189. The van der Waals surface area contributed by atoms with Crippen LogP contribution in [0.1, 0.15) is 27.2 Å². The van der Waals surface area contributed by atoms with Gasteiger partial charge >= 0.3 is 6.03 Å². The Hall–Kier alpha value is -2.41. The number of rotatable bonds is 6. The van der Waals surface area contributed by atoms with Gasteiger partial charge in [0.05, 0.1) is 23.7 Å². The van der Waals surface area contributed by atoms with E-state index < -0.39 is 6.10 Å². The van der Waals surface area contributed by atoms with Crippen LogP contribution in [0.15, 0.2) is 30.6 Å². The maximum atomic E-state index is 12.1. The molecule has 0 fully saturated rings. The molecule has 0 bridgehead atoms. The molecule has 1 unspecified atom stereocenters. The first-order valence-corrected chi connectivity index (χ1v) is 7.55. The van der Waals surface area contributed by atoms with Gasteiger partial charge in [-0.15, -0.1) is 0 Å². The summed E-state index contributed by atoms with van der Waals surface area (Å²) in [6.45, 7) is 6.20. The van der Waals surface area contributed by atoms with Gasteiger partial charge in [0.1, 0.15) is 5.69 Å². The molecule has 0 saturated heterocycles. The van der Waals surface area contributed by atoms with Crippen LogP contribution in [0.5, 0.6) is 0 Å². The fourth-order valence-corrected chi connectivity index (χ4v) is 2.44. The maximum Gasteiger partial charge on any atom is 0.319 e. The molecule has 23 heavy (non-hydrogen) atoms. The number of H-pyrrole nitrogens is 1.